The van der Waals surface area contributed by atoms with Crippen LogP contribution in [0.1, 0.15) is 30.5 Å². The van der Waals surface area contributed by atoms with Crippen LogP contribution in [0.5, 0.6) is 0 Å². The molecule has 0 radical (unpaired) electrons. The lowest BCUT2D eigenvalue weighted by atomic mass is 10.0. The van der Waals surface area contributed by atoms with Gasteiger partial charge in [-0.1, -0.05) is 18.2 Å². The standard InChI is InChI=1S/C21H21F3N4O/c1-13(14-3-2-4-15(20(14)22)21(23)24)27-17-5-6-25-18-12-26-19(11-16(17)18)28-7-9-29-10-8-28/h2-6,11-13,21H,7-10H2,1H3,(H,25,27)/t13-/m1/s1. The fourth-order valence-corrected chi connectivity index (χ4v) is 3.51. The van der Waals surface area contributed by atoms with Gasteiger partial charge in [0.05, 0.1) is 36.5 Å². The lowest BCUT2D eigenvalue weighted by molar-refractivity contribution is 0.122. The molecule has 152 valence electrons. The van der Waals surface area contributed by atoms with Gasteiger partial charge in [0.25, 0.3) is 6.43 Å². The number of nitrogens with zero attached hydrogens (tertiary/aromatic N) is 3. The quantitative estimate of drug-likeness (QED) is 0.670. The van der Waals surface area contributed by atoms with E-state index < -0.39 is 23.8 Å². The van der Waals surface area contributed by atoms with Gasteiger partial charge in [0.2, 0.25) is 0 Å². The molecule has 1 saturated heterocycles. The van der Waals surface area contributed by atoms with Crippen LogP contribution in [-0.4, -0.2) is 36.3 Å². The summed E-state index contributed by atoms with van der Waals surface area (Å²) in [4.78, 5) is 11.0. The molecule has 0 amide bonds. The molecule has 3 aromatic rings. The maximum Gasteiger partial charge on any atom is 0.266 e. The molecule has 1 aromatic carbocycles. The molecule has 1 N–H and O–H groups in total. The highest BCUT2D eigenvalue weighted by molar-refractivity contribution is 5.92. The molecule has 29 heavy (non-hydrogen) atoms. The Bertz CT molecular complexity index is 1010. The molecule has 0 aliphatic carbocycles. The number of aromatic nitrogens is 2. The van der Waals surface area contributed by atoms with Crippen molar-refractivity contribution in [2.24, 2.45) is 0 Å². The van der Waals surface area contributed by atoms with E-state index in [1.165, 1.54) is 12.1 Å². The zero-order valence-corrected chi connectivity index (χ0v) is 15.9. The Balaban J connectivity index is 1.66. The summed E-state index contributed by atoms with van der Waals surface area (Å²) >= 11 is 0. The van der Waals surface area contributed by atoms with E-state index in [2.05, 4.69) is 20.2 Å². The van der Waals surface area contributed by atoms with E-state index >= 15 is 0 Å². The molecule has 0 saturated carbocycles. The van der Waals surface area contributed by atoms with Crippen molar-refractivity contribution in [2.45, 2.75) is 19.4 Å². The molecule has 0 spiro atoms. The molecule has 0 unspecified atom stereocenters. The fourth-order valence-electron chi connectivity index (χ4n) is 3.51. The normalized spacial score (nSPS) is 15.7. The summed E-state index contributed by atoms with van der Waals surface area (Å²) in [5.74, 6) is -0.0630. The minimum Gasteiger partial charge on any atom is -0.378 e. The average molecular weight is 402 g/mol. The van der Waals surface area contributed by atoms with E-state index in [0.29, 0.717) is 18.7 Å². The first kappa shape index (κ1) is 19.4. The summed E-state index contributed by atoms with van der Waals surface area (Å²) in [6.45, 7) is 4.54. The number of halogens is 3. The van der Waals surface area contributed by atoms with Gasteiger partial charge in [0, 0.05) is 35.9 Å². The highest BCUT2D eigenvalue weighted by atomic mass is 19.3. The molecule has 1 atom stereocenters. The molecular weight excluding hydrogens is 381 g/mol. The number of nitrogens with one attached hydrogen (secondary N) is 1. The average Bonchev–Trinajstić information content (AvgIpc) is 2.74. The van der Waals surface area contributed by atoms with Gasteiger partial charge in [-0.2, -0.15) is 0 Å². The van der Waals surface area contributed by atoms with Crippen molar-refractivity contribution in [3.05, 3.63) is 59.7 Å². The Morgan fingerprint density at radius 1 is 1.10 bits per heavy atom. The zero-order chi connectivity index (χ0) is 20.4. The van der Waals surface area contributed by atoms with Crippen molar-refractivity contribution < 1.29 is 17.9 Å². The molecule has 8 heteroatoms. The highest BCUT2D eigenvalue weighted by Gasteiger charge is 2.20. The van der Waals surface area contributed by atoms with Gasteiger partial charge < -0.3 is 15.0 Å². The third-order valence-electron chi connectivity index (χ3n) is 5.08. The summed E-state index contributed by atoms with van der Waals surface area (Å²) in [5, 5.41) is 4.08. The predicted octanol–water partition coefficient (Wildman–Crippen LogP) is 4.72. The third-order valence-corrected chi connectivity index (χ3v) is 5.08. The van der Waals surface area contributed by atoms with Crippen molar-refractivity contribution >= 4 is 22.4 Å². The first-order chi connectivity index (χ1) is 14.0. The van der Waals surface area contributed by atoms with Gasteiger partial charge in [-0.15, -0.1) is 0 Å². The zero-order valence-electron chi connectivity index (χ0n) is 15.9. The van der Waals surface area contributed by atoms with Crippen LogP contribution in [0.2, 0.25) is 0 Å². The van der Waals surface area contributed by atoms with Gasteiger partial charge in [-0.3, -0.25) is 4.98 Å². The number of pyridine rings is 2. The molecular formula is C21H21F3N4O. The summed E-state index contributed by atoms with van der Waals surface area (Å²) in [7, 11) is 0. The van der Waals surface area contributed by atoms with Gasteiger partial charge >= 0.3 is 0 Å². The van der Waals surface area contributed by atoms with Crippen molar-refractivity contribution in [3.8, 4) is 0 Å². The Morgan fingerprint density at radius 2 is 1.86 bits per heavy atom. The molecule has 1 aliphatic rings. The first-order valence-corrected chi connectivity index (χ1v) is 9.45. The lowest BCUT2D eigenvalue weighted by Gasteiger charge is -2.28. The van der Waals surface area contributed by atoms with E-state index in [1.807, 2.05) is 6.07 Å². The van der Waals surface area contributed by atoms with Crippen LogP contribution in [0.15, 0.2) is 42.7 Å². The number of alkyl halides is 2. The minimum atomic E-state index is -2.86. The second kappa shape index (κ2) is 8.24. The molecule has 0 bridgehead atoms. The maximum absolute atomic E-state index is 14.5. The smallest absolute Gasteiger partial charge is 0.266 e. The lowest BCUT2D eigenvalue weighted by Crippen LogP contribution is -2.36. The molecule has 1 fully saturated rings. The van der Waals surface area contributed by atoms with E-state index in [0.717, 1.165) is 36.0 Å². The summed E-state index contributed by atoms with van der Waals surface area (Å²) in [6, 6.07) is 7.29. The van der Waals surface area contributed by atoms with Crippen LogP contribution in [0.3, 0.4) is 0 Å². The second-order valence-electron chi connectivity index (χ2n) is 6.93. The summed E-state index contributed by atoms with van der Waals surface area (Å²) in [6.07, 6.45) is 0.485. The SMILES string of the molecule is C[C@@H](Nc1ccnc2cnc(N3CCOCC3)cc12)c1cccc(C(F)F)c1F. The van der Waals surface area contributed by atoms with E-state index in [9.17, 15) is 13.2 Å². The number of hydrogen-bond acceptors (Lipinski definition) is 5. The first-order valence-electron chi connectivity index (χ1n) is 9.45. The number of rotatable bonds is 5. The highest BCUT2D eigenvalue weighted by Crippen LogP contribution is 2.31. The van der Waals surface area contributed by atoms with Crippen LogP contribution in [0.4, 0.5) is 24.7 Å². The van der Waals surface area contributed by atoms with Gasteiger partial charge in [-0.25, -0.2) is 18.2 Å². The monoisotopic (exact) mass is 402 g/mol. The van der Waals surface area contributed by atoms with Gasteiger partial charge in [-0.05, 0) is 19.1 Å². The van der Waals surface area contributed by atoms with E-state index in [4.69, 9.17) is 4.74 Å². The van der Waals surface area contributed by atoms with Crippen molar-refractivity contribution in [1.29, 1.82) is 0 Å². The van der Waals surface area contributed by atoms with Crippen LogP contribution in [0, 0.1) is 5.82 Å². The number of ether oxygens (including phenoxy) is 1. The van der Waals surface area contributed by atoms with Crippen molar-refractivity contribution in [3.63, 3.8) is 0 Å². The Labute approximate surface area is 166 Å². The second-order valence-corrected chi connectivity index (χ2v) is 6.93. The maximum atomic E-state index is 14.5. The Kier molecular flexibility index (Phi) is 5.53. The molecule has 1 aliphatic heterocycles. The fraction of sp³-hybridized carbons (Fsp3) is 0.333. The number of benzene rings is 1. The number of fused-ring (bicyclic) bond motifs is 1. The predicted molar refractivity (Wildman–Crippen MR) is 106 cm³/mol. The van der Waals surface area contributed by atoms with Crippen LogP contribution in [0.25, 0.3) is 10.9 Å². The van der Waals surface area contributed by atoms with Gasteiger partial charge in [0.15, 0.2) is 0 Å². The topological polar surface area (TPSA) is 50.3 Å². The van der Waals surface area contributed by atoms with Crippen molar-refractivity contribution in [1.82, 2.24) is 9.97 Å². The van der Waals surface area contributed by atoms with E-state index in [1.54, 1.807) is 25.4 Å². The molecule has 2 aromatic heterocycles. The Morgan fingerprint density at radius 3 is 2.62 bits per heavy atom. The Hall–Kier alpha value is -2.87. The summed E-state index contributed by atoms with van der Waals surface area (Å²) in [5.41, 5.74) is 1.03. The number of hydrogen-bond donors (Lipinski definition) is 1. The summed E-state index contributed by atoms with van der Waals surface area (Å²) < 4.78 is 46.0. The minimum absolute atomic E-state index is 0.190. The largest absolute Gasteiger partial charge is 0.378 e. The van der Waals surface area contributed by atoms with Gasteiger partial charge in [0.1, 0.15) is 11.6 Å². The van der Waals surface area contributed by atoms with Crippen LogP contribution in [-0.2, 0) is 4.74 Å². The number of anilines is 2. The van der Waals surface area contributed by atoms with E-state index in [-0.39, 0.29) is 5.56 Å². The molecule has 3 heterocycles. The molecule has 5 nitrogen and oxygen atoms in total. The third kappa shape index (κ3) is 3.98. The number of morpholine rings is 1. The molecule has 4 rings (SSSR count). The van der Waals surface area contributed by atoms with Crippen molar-refractivity contribution in [2.75, 3.05) is 36.5 Å². The van der Waals surface area contributed by atoms with Crippen LogP contribution < -0.4 is 10.2 Å². The van der Waals surface area contributed by atoms with Crippen LogP contribution >= 0.6 is 0 Å².